The molecule has 1 atom stereocenters. The van der Waals surface area contributed by atoms with E-state index in [1.165, 1.54) is 16.2 Å². The Morgan fingerprint density at radius 3 is 2.80 bits per heavy atom. The molecule has 2 aromatic rings. The Morgan fingerprint density at radius 1 is 1.30 bits per heavy atom. The molecule has 0 bridgehead atoms. The molecule has 1 N–H and O–H groups in total. The molecule has 7 nitrogen and oxygen atoms in total. The van der Waals surface area contributed by atoms with E-state index >= 15 is 0 Å². The summed E-state index contributed by atoms with van der Waals surface area (Å²) in [7, 11) is 0. The van der Waals surface area contributed by atoms with E-state index in [9.17, 15) is 14.4 Å². The molecule has 0 saturated carbocycles. The molecule has 1 aromatic carbocycles. The van der Waals surface area contributed by atoms with Crippen LogP contribution in [0.1, 0.15) is 58.1 Å². The number of carbonyl (C=O) groups excluding carboxylic acids is 3. The summed E-state index contributed by atoms with van der Waals surface area (Å²) in [6.07, 6.45) is 1.69. The van der Waals surface area contributed by atoms with E-state index < -0.39 is 0 Å². The third-order valence-electron chi connectivity index (χ3n) is 5.50. The third kappa shape index (κ3) is 3.84. The van der Waals surface area contributed by atoms with Crippen molar-refractivity contribution in [1.29, 1.82) is 0 Å². The van der Waals surface area contributed by atoms with Gasteiger partial charge in [0.15, 0.2) is 0 Å². The second-order valence-electron chi connectivity index (χ2n) is 8.23. The summed E-state index contributed by atoms with van der Waals surface area (Å²) in [5.41, 5.74) is 2.50. The van der Waals surface area contributed by atoms with Crippen LogP contribution in [0.3, 0.4) is 0 Å². The molecule has 8 heteroatoms. The molecule has 3 amide bonds. The highest BCUT2D eigenvalue weighted by Crippen LogP contribution is 2.35. The second kappa shape index (κ2) is 8.18. The minimum Gasteiger partial charge on any atom is -0.370 e. The lowest BCUT2D eigenvalue weighted by molar-refractivity contribution is -0.125. The van der Waals surface area contributed by atoms with Gasteiger partial charge in [-0.25, -0.2) is 4.98 Å². The van der Waals surface area contributed by atoms with Crippen molar-refractivity contribution in [2.45, 2.75) is 46.2 Å². The summed E-state index contributed by atoms with van der Waals surface area (Å²) in [5.74, 6) is -0.646. The van der Waals surface area contributed by atoms with E-state index in [0.717, 1.165) is 35.8 Å². The van der Waals surface area contributed by atoms with Gasteiger partial charge in [-0.15, -0.1) is 11.3 Å². The molecule has 1 saturated heterocycles. The molecule has 1 aromatic heterocycles. The van der Waals surface area contributed by atoms with Gasteiger partial charge in [0, 0.05) is 30.2 Å². The number of nitrogens with one attached hydrogen (secondary N) is 1. The number of rotatable bonds is 5. The summed E-state index contributed by atoms with van der Waals surface area (Å²) in [5, 5.41) is 5.64. The lowest BCUT2D eigenvalue weighted by atomic mass is 9.95. The molecule has 0 radical (unpaired) electrons. The largest absolute Gasteiger partial charge is 0.370 e. The van der Waals surface area contributed by atoms with Gasteiger partial charge in [-0.05, 0) is 45.7 Å². The lowest BCUT2D eigenvalue weighted by Crippen LogP contribution is -2.45. The van der Waals surface area contributed by atoms with Gasteiger partial charge >= 0.3 is 0 Å². The zero-order chi connectivity index (χ0) is 21.4. The molecule has 158 valence electrons. The Morgan fingerprint density at radius 2 is 2.10 bits per heavy atom. The van der Waals surface area contributed by atoms with E-state index in [-0.39, 0.29) is 36.2 Å². The fourth-order valence-corrected chi connectivity index (χ4v) is 4.91. The van der Waals surface area contributed by atoms with Crippen LogP contribution in [-0.4, -0.2) is 46.7 Å². The van der Waals surface area contributed by atoms with Crippen molar-refractivity contribution in [3.05, 3.63) is 45.4 Å². The average molecular weight is 427 g/mol. The van der Waals surface area contributed by atoms with Crippen molar-refractivity contribution in [3.8, 4) is 0 Å². The fraction of sp³-hybridized carbons (Fsp3) is 0.455. The maximum absolute atomic E-state index is 13.2. The smallest absolute Gasteiger partial charge is 0.264 e. The summed E-state index contributed by atoms with van der Waals surface area (Å²) in [4.78, 5) is 46.4. The first kappa shape index (κ1) is 20.5. The average Bonchev–Trinajstić information content (AvgIpc) is 3.24. The number of hydrogen-bond donors (Lipinski definition) is 1. The first-order valence-electron chi connectivity index (χ1n) is 10.3. The van der Waals surface area contributed by atoms with Crippen LogP contribution >= 0.6 is 11.3 Å². The number of aryl methyl sites for hydroxylation is 1. The highest BCUT2D eigenvalue weighted by molar-refractivity contribution is 7.09. The Kier molecular flexibility index (Phi) is 5.60. The second-order valence-corrected chi connectivity index (χ2v) is 9.17. The zero-order valence-electron chi connectivity index (χ0n) is 17.5. The van der Waals surface area contributed by atoms with Crippen molar-refractivity contribution in [2.24, 2.45) is 5.92 Å². The Bertz CT molecular complexity index is 1000. The number of anilines is 1. The van der Waals surface area contributed by atoms with E-state index in [4.69, 9.17) is 0 Å². The number of hydrogen-bond acceptors (Lipinski definition) is 6. The minimum atomic E-state index is -0.285. The normalized spacial score (nSPS) is 18.9. The van der Waals surface area contributed by atoms with Crippen LogP contribution in [0.25, 0.3) is 0 Å². The van der Waals surface area contributed by atoms with Crippen LogP contribution in [0, 0.1) is 12.8 Å². The quantitative estimate of drug-likeness (QED) is 0.744. The van der Waals surface area contributed by atoms with Gasteiger partial charge in [0.05, 0.1) is 29.3 Å². The number of benzene rings is 1. The molecule has 2 aliphatic rings. The lowest BCUT2D eigenvalue weighted by Gasteiger charge is -2.34. The molecule has 3 heterocycles. The van der Waals surface area contributed by atoms with E-state index in [1.54, 1.807) is 6.07 Å². The number of amides is 3. The number of carbonyl (C=O) groups is 3. The van der Waals surface area contributed by atoms with Gasteiger partial charge in [-0.2, -0.15) is 0 Å². The Labute approximate surface area is 180 Å². The number of piperidine rings is 1. The predicted octanol–water partition coefficient (Wildman–Crippen LogP) is 2.99. The van der Waals surface area contributed by atoms with Crippen LogP contribution in [0.4, 0.5) is 5.69 Å². The first-order chi connectivity index (χ1) is 14.3. The summed E-state index contributed by atoms with van der Waals surface area (Å²) in [6, 6.07) is 5.49. The van der Waals surface area contributed by atoms with Gasteiger partial charge in [0.25, 0.3) is 11.8 Å². The molecular weight excluding hydrogens is 400 g/mol. The van der Waals surface area contributed by atoms with Crippen LogP contribution in [0.2, 0.25) is 0 Å². The molecule has 2 aliphatic heterocycles. The van der Waals surface area contributed by atoms with Crippen molar-refractivity contribution in [3.63, 3.8) is 0 Å². The van der Waals surface area contributed by atoms with Crippen molar-refractivity contribution >= 4 is 34.7 Å². The summed E-state index contributed by atoms with van der Waals surface area (Å²) >= 11 is 1.45. The summed E-state index contributed by atoms with van der Waals surface area (Å²) < 4.78 is 0. The monoisotopic (exact) mass is 426 g/mol. The maximum atomic E-state index is 13.2. The van der Waals surface area contributed by atoms with Crippen molar-refractivity contribution in [1.82, 2.24) is 15.2 Å². The van der Waals surface area contributed by atoms with Gasteiger partial charge in [0.1, 0.15) is 5.01 Å². The van der Waals surface area contributed by atoms with Crippen molar-refractivity contribution < 1.29 is 14.4 Å². The van der Waals surface area contributed by atoms with Gasteiger partial charge in [0.2, 0.25) is 5.91 Å². The maximum Gasteiger partial charge on any atom is 0.264 e. The molecule has 1 fully saturated rings. The molecule has 30 heavy (non-hydrogen) atoms. The standard InChI is InChI=1S/C22H26N4O3S/c1-13(2)23-20(27)15-6-5-9-25(10-15)17-8-4-7-16-19(17)22(29)26(21(16)28)11-18-24-14(3)12-30-18/h4,7-8,12-13,15H,5-6,9-11H2,1-3H3,(H,23,27). The predicted molar refractivity (Wildman–Crippen MR) is 116 cm³/mol. The molecule has 4 rings (SSSR count). The molecule has 0 spiro atoms. The van der Waals surface area contributed by atoms with Gasteiger partial charge < -0.3 is 10.2 Å². The van der Waals surface area contributed by atoms with Crippen LogP contribution in [0.5, 0.6) is 0 Å². The highest BCUT2D eigenvalue weighted by atomic mass is 32.1. The summed E-state index contributed by atoms with van der Waals surface area (Å²) in [6.45, 7) is 7.28. The van der Waals surface area contributed by atoms with Gasteiger partial charge in [-0.3, -0.25) is 19.3 Å². The van der Waals surface area contributed by atoms with E-state index in [2.05, 4.69) is 15.2 Å². The van der Waals surface area contributed by atoms with Crippen LogP contribution in [0.15, 0.2) is 23.6 Å². The van der Waals surface area contributed by atoms with E-state index in [1.807, 2.05) is 38.3 Å². The topological polar surface area (TPSA) is 82.6 Å². The third-order valence-corrected chi connectivity index (χ3v) is 6.45. The number of thiazole rings is 1. The highest BCUT2D eigenvalue weighted by Gasteiger charge is 2.39. The Hall–Kier alpha value is -2.74. The minimum absolute atomic E-state index is 0.0467. The number of nitrogens with zero attached hydrogens (tertiary/aromatic N) is 3. The number of fused-ring (bicyclic) bond motifs is 1. The molecular formula is C22H26N4O3S. The first-order valence-corrected chi connectivity index (χ1v) is 11.2. The Balaban J connectivity index is 1.59. The molecule has 1 unspecified atom stereocenters. The van der Waals surface area contributed by atoms with Gasteiger partial charge in [-0.1, -0.05) is 6.07 Å². The fourth-order valence-electron chi connectivity index (χ4n) is 4.15. The molecule has 0 aliphatic carbocycles. The zero-order valence-corrected chi connectivity index (χ0v) is 18.3. The van der Waals surface area contributed by atoms with Crippen LogP contribution in [-0.2, 0) is 11.3 Å². The number of imide groups is 1. The van der Waals surface area contributed by atoms with Crippen LogP contribution < -0.4 is 10.2 Å². The SMILES string of the molecule is Cc1csc(CN2C(=O)c3cccc(N4CCCC(C(=O)NC(C)C)C4)c3C2=O)n1. The number of aromatic nitrogens is 1. The van der Waals surface area contributed by atoms with Crippen molar-refractivity contribution in [2.75, 3.05) is 18.0 Å². The van der Waals surface area contributed by atoms with E-state index in [0.29, 0.717) is 17.7 Å².